The fourth-order valence-electron chi connectivity index (χ4n) is 4.61. The van der Waals surface area contributed by atoms with E-state index in [0.29, 0.717) is 41.5 Å². The van der Waals surface area contributed by atoms with E-state index in [1.54, 1.807) is 13.1 Å². The lowest BCUT2D eigenvalue weighted by Gasteiger charge is -2.39. The summed E-state index contributed by atoms with van der Waals surface area (Å²) in [7, 11) is 1.53. The molecule has 4 rings (SSSR count). The number of aryl methyl sites for hydroxylation is 1. The van der Waals surface area contributed by atoms with Crippen LogP contribution in [0, 0.1) is 6.92 Å². The largest absolute Gasteiger partial charge is 0.480 e. The van der Waals surface area contributed by atoms with Crippen LogP contribution in [0.5, 0.6) is 5.88 Å². The number of hydrogen-bond acceptors (Lipinski definition) is 7. The summed E-state index contributed by atoms with van der Waals surface area (Å²) in [6, 6.07) is 11.9. The summed E-state index contributed by atoms with van der Waals surface area (Å²) in [5.74, 6) is -1.73. The number of carbonyl (C=O) groups excluding carboxylic acids is 1. The van der Waals surface area contributed by atoms with Gasteiger partial charge in [0, 0.05) is 43.0 Å². The third-order valence-electron chi connectivity index (χ3n) is 6.11. The van der Waals surface area contributed by atoms with Crippen molar-refractivity contribution >= 4 is 17.8 Å². The van der Waals surface area contributed by atoms with Crippen molar-refractivity contribution in [3.8, 4) is 5.88 Å². The summed E-state index contributed by atoms with van der Waals surface area (Å²) < 4.78 is 5.25. The molecular weight excluding hydrogens is 452 g/mol. The monoisotopic (exact) mass is 482 g/mol. The van der Waals surface area contributed by atoms with E-state index in [1.807, 2.05) is 0 Å². The molecular formula is C25H30N4O6. The Balaban J connectivity index is 0.000000371. The van der Waals surface area contributed by atoms with Crippen molar-refractivity contribution in [3.63, 3.8) is 0 Å². The fourth-order valence-corrected chi connectivity index (χ4v) is 4.61. The maximum atomic E-state index is 12.7. The molecule has 2 aliphatic rings. The number of aromatic nitrogens is 2. The molecule has 3 atom stereocenters. The molecule has 2 fully saturated rings. The first kappa shape index (κ1) is 25.8. The van der Waals surface area contributed by atoms with E-state index in [9.17, 15) is 14.4 Å². The number of carbonyl (C=O) groups is 3. The maximum absolute atomic E-state index is 12.7. The minimum Gasteiger partial charge on any atom is -0.480 e. The molecule has 1 aromatic carbocycles. The standard InChI is InChI=1S/C21H26N4O2.C4H4O4/c1-14-22-12-19(21(23-14)27-2)20(26)24-16-10-17-8-9-18(11-16)25(17)13-15-6-4-3-5-7-15;5-3(6)1-2-4(7)8/h3-7,12,16-18H,8-11,13H2,1-2H3,(H,24,26);1-2H,(H,5,6)(H,7,8)/b;2-1+/t16?,17-,18+;. The Morgan fingerprint density at radius 1 is 1.09 bits per heavy atom. The quantitative estimate of drug-likeness (QED) is 0.507. The van der Waals surface area contributed by atoms with Gasteiger partial charge in [0.1, 0.15) is 11.4 Å². The normalized spacial score (nSPS) is 21.1. The van der Waals surface area contributed by atoms with Crippen LogP contribution in [0.25, 0.3) is 0 Å². The van der Waals surface area contributed by atoms with Crippen molar-refractivity contribution in [1.29, 1.82) is 0 Å². The molecule has 0 spiro atoms. The van der Waals surface area contributed by atoms with E-state index in [1.165, 1.54) is 25.5 Å². The van der Waals surface area contributed by atoms with Crippen LogP contribution in [0.2, 0.25) is 0 Å². The number of piperidine rings is 1. The highest BCUT2D eigenvalue weighted by molar-refractivity contribution is 5.96. The molecule has 2 bridgehead atoms. The molecule has 0 aliphatic carbocycles. The molecule has 1 aromatic heterocycles. The molecule has 3 N–H and O–H groups in total. The van der Waals surface area contributed by atoms with Crippen molar-refractivity contribution in [3.05, 3.63) is 65.6 Å². The zero-order valence-corrected chi connectivity index (χ0v) is 19.8. The van der Waals surface area contributed by atoms with E-state index in [0.717, 1.165) is 19.4 Å². The number of benzene rings is 1. The average molecular weight is 483 g/mol. The van der Waals surface area contributed by atoms with Gasteiger partial charge in [-0.2, -0.15) is 4.98 Å². The van der Waals surface area contributed by atoms with Crippen LogP contribution in [0.3, 0.4) is 0 Å². The van der Waals surface area contributed by atoms with Crippen LogP contribution < -0.4 is 10.1 Å². The number of amides is 1. The van der Waals surface area contributed by atoms with Gasteiger partial charge in [-0.25, -0.2) is 14.6 Å². The highest BCUT2D eigenvalue weighted by atomic mass is 16.5. The van der Waals surface area contributed by atoms with Gasteiger partial charge in [-0.3, -0.25) is 9.69 Å². The van der Waals surface area contributed by atoms with Gasteiger partial charge in [-0.15, -0.1) is 0 Å². The van der Waals surface area contributed by atoms with Crippen molar-refractivity contribution in [1.82, 2.24) is 20.2 Å². The second kappa shape index (κ2) is 12.1. The Morgan fingerprint density at radius 2 is 1.69 bits per heavy atom. The number of rotatable bonds is 7. The Bertz CT molecular complexity index is 1040. The molecule has 35 heavy (non-hydrogen) atoms. The van der Waals surface area contributed by atoms with Gasteiger partial charge in [-0.1, -0.05) is 30.3 Å². The number of carboxylic acid groups (broad SMARTS) is 2. The molecule has 1 amide bonds. The van der Waals surface area contributed by atoms with Gasteiger partial charge in [0.2, 0.25) is 5.88 Å². The number of carboxylic acids is 2. The first-order valence-electron chi connectivity index (χ1n) is 11.4. The van der Waals surface area contributed by atoms with E-state index in [4.69, 9.17) is 14.9 Å². The molecule has 3 heterocycles. The Kier molecular flexibility index (Phi) is 8.91. The van der Waals surface area contributed by atoms with E-state index in [2.05, 4.69) is 50.5 Å². The van der Waals surface area contributed by atoms with Gasteiger partial charge < -0.3 is 20.3 Å². The third-order valence-corrected chi connectivity index (χ3v) is 6.11. The minimum absolute atomic E-state index is 0.146. The number of nitrogens with zero attached hydrogens (tertiary/aromatic N) is 3. The number of nitrogens with one attached hydrogen (secondary N) is 1. The minimum atomic E-state index is -1.26. The van der Waals surface area contributed by atoms with E-state index < -0.39 is 11.9 Å². The summed E-state index contributed by atoms with van der Waals surface area (Å²) in [6.45, 7) is 2.78. The molecule has 10 heteroatoms. The predicted octanol–water partition coefficient (Wildman–Crippen LogP) is 2.43. The van der Waals surface area contributed by atoms with Crippen LogP contribution in [0.4, 0.5) is 0 Å². The molecule has 186 valence electrons. The number of aliphatic carboxylic acids is 2. The van der Waals surface area contributed by atoms with Gasteiger partial charge in [0.15, 0.2) is 0 Å². The fraction of sp³-hybridized carbons (Fsp3) is 0.400. The lowest BCUT2D eigenvalue weighted by atomic mass is 9.96. The molecule has 2 aliphatic heterocycles. The topological polar surface area (TPSA) is 142 Å². The summed E-state index contributed by atoms with van der Waals surface area (Å²) >= 11 is 0. The Labute approximate surface area is 203 Å². The van der Waals surface area contributed by atoms with E-state index in [-0.39, 0.29) is 11.9 Å². The number of fused-ring (bicyclic) bond motifs is 2. The third kappa shape index (κ3) is 7.35. The predicted molar refractivity (Wildman–Crippen MR) is 127 cm³/mol. The number of methoxy groups -OCH3 is 1. The smallest absolute Gasteiger partial charge is 0.328 e. The van der Waals surface area contributed by atoms with Crippen molar-refractivity contribution in [2.75, 3.05) is 7.11 Å². The maximum Gasteiger partial charge on any atom is 0.328 e. The molecule has 0 saturated carbocycles. The SMILES string of the molecule is COc1nc(C)ncc1C(=O)NC1C[C@H]2CC[C@@H](C1)N2Cc1ccccc1.O=C(O)/C=C/C(=O)O. The molecule has 0 radical (unpaired) electrons. The first-order valence-corrected chi connectivity index (χ1v) is 11.4. The lowest BCUT2D eigenvalue weighted by Crippen LogP contribution is -2.50. The molecule has 2 saturated heterocycles. The summed E-state index contributed by atoms with van der Waals surface area (Å²) in [4.78, 5) is 42.8. The number of ether oxygens (including phenoxy) is 1. The zero-order valence-electron chi connectivity index (χ0n) is 19.8. The Morgan fingerprint density at radius 3 is 2.23 bits per heavy atom. The van der Waals surface area contributed by atoms with Crippen LogP contribution in [0.1, 0.15) is 47.4 Å². The Hall–Kier alpha value is -3.79. The highest BCUT2D eigenvalue weighted by Gasteiger charge is 2.41. The first-order chi connectivity index (χ1) is 16.8. The second-order valence-corrected chi connectivity index (χ2v) is 8.53. The van der Waals surface area contributed by atoms with Gasteiger partial charge >= 0.3 is 11.9 Å². The van der Waals surface area contributed by atoms with Gasteiger partial charge in [0.25, 0.3) is 5.91 Å². The summed E-state index contributed by atoms with van der Waals surface area (Å²) in [5, 5.41) is 18.8. The van der Waals surface area contributed by atoms with Crippen LogP contribution in [-0.2, 0) is 16.1 Å². The highest BCUT2D eigenvalue weighted by Crippen LogP contribution is 2.37. The van der Waals surface area contributed by atoms with Crippen molar-refractivity contribution in [2.24, 2.45) is 0 Å². The second-order valence-electron chi connectivity index (χ2n) is 8.53. The average Bonchev–Trinajstić information content (AvgIpc) is 3.06. The molecule has 1 unspecified atom stereocenters. The van der Waals surface area contributed by atoms with E-state index >= 15 is 0 Å². The van der Waals surface area contributed by atoms with Crippen LogP contribution in [0.15, 0.2) is 48.7 Å². The van der Waals surface area contributed by atoms with Crippen molar-refractivity contribution in [2.45, 2.75) is 57.3 Å². The van der Waals surface area contributed by atoms with Crippen LogP contribution in [-0.4, -0.2) is 68.2 Å². The zero-order chi connectivity index (χ0) is 25.4. The van der Waals surface area contributed by atoms with Crippen LogP contribution >= 0.6 is 0 Å². The van der Waals surface area contributed by atoms with Gasteiger partial charge in [0.05, 0.1) is 7.11 Å². The van der Waals surface area contributed by atoms with Gasteiger partial charge in [-0.05, 0) is 38.2 Å². The lowest BCUT2D eigenvalue weighted by molar-refractivity contribution is -0.134. The summed E-state index contributed by atoms with van der Waals surface area (Å²) in [5.41, 5.74) is 1.76. The number of hydrogen-bond donors (Lipinski definition) is 3. The molecule has 2 aromatic rings. The molecule has 10 nitrogen and oxygen atoms in total. The van der Waals surface area contributed by atoms with Crippen molar-refractivity contribution < 1.29 is 29.3 Å². The summed E-state index contributed by atoms with van der Waals surface area (Å²) in [6.07, 6.45) is 7.07.